The fraction of sp³-hybridized carbons (Fsp3) is 0. The molecule has 9 aromatic heterocycles. The van der Waals surface area contributed by atoms with E-state index < -0.39 is 0 Å². The molecule has 120 heavy (non-hydrogen) atoms. The number of aromatic nitrogens is 9. The number of nitrogens with zero attached hydrogens (tertiary/aromatic N) is 9. The second kappa shape index (κ2) is 30.2. The lowest BCUT2D eigenvalue weighted by atomic mass is 9.89. The Labute approximate surface area is 690 Å². The van der Waals surface area contributed by atoms with Gasteiger partial charge in [-0.05, 0) is 207 Å². The van der Waals surface area contributed by atoms with E-state index >= 15 is 0 Å². The van der Waals surface area contributed by atoms with Gasteiger partial charge in [-0.2, -0.15) is 0 Å². The van der Waals surface area contributed by atoms with E-state index in [2.05, 4.69) is 357 Å². The summed E-state index contributed by atoms with van der Waals surface area (Å²) >= 11 is 0. The monoisotopic (exact) mass is 1530 g/mol. The van der Waals surface area contributed by atoms with Gasteiger partial charge in [0.15, 0.2) is 0 Å². The molecule has 558 valence electrons. The highest BCUT2D eigenvalue weighted by molar-refractivity contribution is 6.36. The van der Waals surface area contributed by atoms with Crippen LogP contribution in [0.2, 0.25) is 0 Å². The Morgan fingerprint density at radius 1 is 0.142 bits per heavy atom. The van der Waals surface area contributed by atoms with Gasteiger partial charge >= 0.3 is 0 Å². The smallest absolute Gasteiger partial charge is 0.0892 e. The SMILES string of the molecule is c1cc(-c2ccnc(-c3ccncc3)c2)cc(-c2nc3ccccc3c3c4ccccc4c4ccccc4c23)c1.c1ccc(-c2cc(-c3cccc(-c4nc5ccccc5c5c6ccccc6c6ccccc6c45)c3)ccn2)nc1.c1cncc(-c2cc(-c3cccc(-c4nc5ccccc5c5c6ccccc6c6ccccc6c45)c3)ccn2)c1. The maximum Gasteiger partial charge on any atom is 0.0892 e. The van der Waals surface area contributed by atoms with Crippen molar-refractivity contribution in [2.24, 2.45) is 0 Å². The quantitative estimate of drug-likeness (QED) is 0.130. The molecular formula is C111H69N9. The van der Waals surface area contributed by atoms with E-state index in [9.17, 15) is 0 Å². The predicted molar refractivity (Wildman–Crippen MR) is 498 cm³/mol. The van der Waals surface area contributed by atoms with Crippen molar-refractivity contribution in [1.82, 2.24) is 44.9 Å². The van der Waals surface area contributed by atoms with Crippen LogP contribution in [-0.2, 0) is 0 Å². The average Bonchev–Trinajstić information content (AvgIpc) is 0.726. The summed E-state index contributed by atoms with van der Waals surface area (Å²) in [5, 5.41) is 25.8. The van der Waals surface area contributed by atoms with Gasteiger partial charge in [0.1, 0.15) is 0 Å². The third kappa shape index (κ3) is 12.6. The maximum absolute atomic E-state index is 5.31. The maximum atomic E-state index is 5.31. The molecule has 0 saturated carbocycles. The minimum absolute atomic E-state index is 0.857. The summed E-state index contributed by atoms with van der Waals surface area (Å²) in [4.78, 5) is 42.6. The van der Waals surface area contributed by atoms with Crippen molar-refractivity contribution < 1.29 is 0 Å². The second-order valence-electron chi connectivity index (χ2n) is 30.2. The number of hydrogen-bond acceptors (Lipinski definition) is 9. The molecule has 0 atom stereocenters. The lowest BCUT2D eigenvalue weighted by Crippen LogP contribution is -1.93. The summed E-state index contributed by atoms with van der Waals surface area (Å²) in [6.07, 6.45) is 14.6. The Kier molecular flexibility index (Phi) is 17.7. The van der Waals surface area contributed by atoms with E-state index in [4.69, 9.17) is 15.0 Å². The van der Waals surface area contributed by atoms with Crippen molar-refractivity contribution in [2.75, 3.05) is 0 Å². The van der Waals surface area contributed by atoms with Gasteiger partial charge < -0.3 is 0 Å². The van der Waals surface area contributed by atoms with Gasteiger partial charge in [0.2, 0.25) is 0 Å². The van der Waals surface area contributed by atoms with Crippen molar-refractivity contribution in [1.29, 1.82) is 0 Å². The molecule has 0 aliphatic heterocycles. The number of rotatable bonds is 9. The van der Waals surface area contributed by atoms with Gasteiger partial charge in [-0.15, -0.1) is 0 Å². The van der Waals surface area contributed by atoms with Crippen LogP contribution < -0.4 is 0 Å². The van der Waals surface area contributed by atoms with Gasteiger partial charge in [-0.25, -0.2) is 15.0 Å². The number of pyridine rings is 9. The topological polar surface area (TPSA) is 116 Å². The lowest BCUT2D eigenvalue weighted by Gasteiger charge is -2.16. The first kappa shape index (κ1) is 70.4. The molecular weight excluding hydrogens is 1460 g/mol. The van der Waals surface area contributed by atoms with E-state index in [1.807, 2.05) is 67.3 Å². The fourth-order valence-electron chi connectivity index (χ4n) is 17.9. The molecule has 24 rings (SSSR count). The van der Waals surface area contributed by atoms with Crippen LogP contribution in [0.15, 0.2) is 420 Å². The van der Waals surface area contributed by atoms with Crippen LogP contribution in [0.5, 0.6) is 0 Å². The minimum Gasteiger partial charge on any atom is -0.265 e. The fourth-order valence-corrected chi connectivity index (χ4v) is 17.9. The molecule has 9 nitrogen and oxygen atoms in total. The summed E-state index contributed by atoms with van der Waals surface area (Å²) < 4.78 is 0. The third-order valence-electron chi connectivity index (χ3n) is 23.3. The largest absolute Gasteiger partial charge is 0.265 e. The van der Waals surface area contributed by atoms with Crippen molar-refractivity contribution in [2.45, 2.75) is 0 Å². The number of fused-ring (bicyclic) bond motifs is 24. The molecule has 0 unspecified atom stereocenters. The molecule has 0 bridgehead atoms. The van der Waals surface area contributed by atoms with Gasteiger partial charge in [-0.1, -0.05) is 261 Å². The van der Waals surface area contributed by atoms with Crippen molar-refractivity contribution in [3.63, 3.8) is 0 Å². The van der Waals surface area contributed by atoms with Crippen LogP contribution >= 0.6 is 0 Å². The minimum atomic E-state index is 0.857. The summed E-state index contributed by atoms with van der Waals surface area (Å²) in [6.45, 7) is 0. The molecule has 0 spiro atoms. The van der Waals surface area contributed by atoms with E-state index in [0.29, 0.717) is 0 Å². The molecule has 0 N–H and O–H groups in total. The van der Waals surface area contributed by atoms with E-state index in [1.54, 1.807) is 24.8 Å². The Bertz CT molecular complexity index is 7420. The van der Waals surface area contributed by atoms with Gasteiger partial charge in [0, 0.05) is 126 Å². The molecule has 24 aromatic rings. The Hall–Kier alpha value is -16.2. The summed E-state index contributed by atoms with van der Waals surface area (Å²) in [7, 11) is 0. The first-order chi connectivity index (χ1) is 59.5. The standard InChI is InChI=1S/3C37H23N3/c1-3-14-30-28(12-1)29-13-2-4-15-31(29)36-35(30)32-16-5-6-17-33(32)40-37(36)26-10-7-9-24(21-26)25-18-20-39-34(22-25)27-11-8-19-38-23-27;1-3-14-29-27(12-1)28-13-2-4-15-30(28)36-35(29)31-16-5-6-17-32(31)40-37(36)26-11-9-10-24(22-26)25-19-21-39-34(23-25)33-18-7-8-20-38-33;1-3-12-30-28(10-1)29-11-2-4-13-31(29)36-35(30)32-14-5-6-15-33(32)40-37(36)27-9-7-8-25(22-27)26-18-21-39-34(23-26)24-16-19-38-20-17-24/h3*1-23H. The highest BCUT2D eigenvalue weighted by atomic mass is 14.8. The lowest BCUT2D eigenvalue weighted by molar-refractivity contribution is 1.25. The zero-order valence-electron chi connectivity index (χ0n) is 64.9. The van der Waals surface area contributed by atoms with Crippen LogP contribution in [0.25, 0.3) is 231 Å². The van der Waals surface area contributed by atoms with E-state index in [0.717, 1.165) is 118 Å². The van der Waals surface area contributed by atoms with Gasteiger partial charge in [0.05, 0.1) is 56.4 Å². The number of benzene rings is 15. The molecule has 15 aromatic carbocycles. The molecule has 0 radical (unpaired) electrons. The van der Waals surface area contributed by atoms with Gasteiger partial charge in [-0.3, -0.25) is 29.9 Å². The number of hydrogen-bond donors (Lipinski definition) is 0. The summed E-state index contributed by atoms with van der Waals surface area (Å²) in [6, 6.07) is 130. The molecule has 0 aliphatic carbocycles. The normalized spacial score (nSPS) is 11.5. The average molecular weight is 1530 g/mol. The highest BCUT2D eigenvalue weighted by Gasteiger charge is 2.23. The van der Waals surface area contributed by atoms with Crippen LogP contribution in [0, 0.1) is 0 Å². The third-order valence-corrected chi connectivity index (χ3v) is 23.3. The first-order valence-corrected chi connectivity index (χ1v) is 40.3. The van der Waals surface area contributed by atoms with Crippen LogP contribution in [-0.4, -0.2) is 44.9 Å². The van der Waals surface area contributed by atoms with E-state index in [-0.39, 0.29) is 0 Å². The predicted octanol–water partition coefficient (Wildman–Crippen LogP) is 28.5. The van der Waals surface area contributed by atoms with Crippen LogP contribution in [0.1, 0.15) is 0 Å². The molecule has 0 fully saturated rings. The van der Waals surface area contributed by atoms with E-state index in [1.165, 1.54) is 113 Å². The first-order valence-electron chi connectivity index (χ1n) is 40.3. The Morgan fingerprint density at radius 2 is 0.425 bits per heavy atom. The zero-order chi connectivity index (χ0) is 79.4. The zero-order valence-corrected chi connectivity index (χ0v) is 64.9. The Balaban J connectivity index is 0.000000108. The summed E-state index contributed by atoms with van der Waals surface area (Å²) in [5.74, 6) is 0. The molecule has 9 heterocycles. The molecule has 0 saturated heterocycles. The molecule has 0 aliphatic rings. The van der Waals surface area contributed by atoms with Gasteiger partial charge in [0.25, 0.3) is 0 Å². The summed E-state index contributed by atoms with van der Waals surface area (Å²) in [5.41, 5.74) is 21.6. The van der Waals surface area contributed by atoms with Crippen molar-refractivity contribution >= 4 is 130 Å². The van der Waals surface area contributed by atoms with Crippen LogP contribution in [0.3, 0.4) is 0 Å². The molecule has 9 heteroatoms. The Morgan fingerprint density at radius 3 is 0.783 bits per heavy atom. The number of para-hydroxylation sites is 3. The molecule has 0 amide bonds. The van der Waals surface area contributed by atoms with Crippen molar-refractivity contribution in [3.8, 4) is 101 Å². The second-order valence-corrected chi connectivity index (χ2v) is 30.2. The van der Waals surface area contributed by atoms with Crippen LogP contribution in [0.4, 0.5) is 0 Å². The van der Waals surface area contributed by atoms with Crippen molar-refractivity contribution in [3.05, 3.63) is 420 Å². The highest BCUT2D eigenvalue weighted by Crippen LogP contribution is 2.48.